The number of halogens is 4. The molecule has 0 aromatic heterocycles. The summed E-state index contributed by atoms with van der Waals surface area (Å²) in [4.78, 5) is 24.5. The van der Waals surface area contributed by atoms with Gasteiger partial charge in [-0.25, -0.2) is 10.2 Å². The average molecular weight is 556 g/mol. The van der Waals surface area contributed by atoms with Crippen LogP contribution in [-0.2, 0) is 4.79 Å². The summed E-state index contributed by atoms with van der Waals surface area (Å²) in [6, 6.07) is 13.9. The minimum atomic E-state index is -0.665. The molecule has 0 atom stereocenters. The molecule has 1 N–H and O–H groups in total. The number of hydrazone groups is 1. The smallest absolute Gasteiger partial charge is 0.345 e. The van der Waals surface area contributed by atoms with Crippen LogP contribution >= 0.6 is 46.4 Å². The lowest BCUT2D eigenvalue weighted by molar-refractivity contribution is -0.123. The molecule has 3 aromatic carbocycles. The maximum Gasteiger partial charge on any atom is 0.345 e. The van der Waals surface area contributed by atoms with Crippen molar-refractivity contribution in [2.45, 2.75) is 6.92 Å². The van der Waals surface area contributed by atoms with Crippen LogP contribution in [0.15, 0.2) is 59.7 Å². The molecule has 0 aliphatic rings. The van der Waals surface area contributed by atoms with E-state index in [1.165, 1.54) is 30.5 Å². The van der Waals surface area contributed by atoms with Crippen LogP contribution in [0.4, 0.5) is 0 Å². The highest BCUT2D eigenvalue weighted by Gasteiger charge is 2.16. The Bertz CT molecular complexity index is 1270. The van der Waals surface area contributed by atoms with E-state index in [0.29, 0.717) is 33.7 Å². The molecular formula is C24H18Cl4N2O5. The summed E-state index contributed by atoms with van der Waals surface area (Å²) in [5, 5.41) is 5.21. The van der Waals surface area contributed by atoms with E-state index in [1.54, 1.807) is 37.3 Å². The van der Waals surface area contributed by atoms with Crippen LogP contribution in [0, 0.1) is 0 Å². The van der Waals surface area contributed by atoms with Crippen LogP contribution in [0.2, 0.25) is 20.1 Å². The molecule has 7 nitrogen and oxygen atoms in total. The second-order valence-corrected chi connectivity index (χ2v) is 8.50. The molecule has 0 aliphatic heterocycles. The standard InChI is InChI=1S/C24H18Cl4N2O5/c1-2-33-22-9-14(3-7-21(22)35-24(32)17-6-4-15(25)10-18(17)27)12-29-30-23(31)13-34-20-8-5-16(26)11-19(20)28/h3-12H,2,13H2,1H3,(H,30,31)/b29-12+. The van der Waals surface area contributed by atoms with Gasteiger partial charge in [-0.15, -0.1) is 0 Å². The molecule has 3 rings (SSSR count). The molecule has 1 amide bonds. The number of benzene rings is 3. The molecule has 0 unspecified atom stereocenters. The van der Waals surface area contributed by atoms with Crippen LogP contribution in [0.3, 0.4) is 0 Å². The topological polar surface area (TPSA) is 86.2 Å². The predicted molar refractivity (Wildman–Crippen MR) is 137 cm³/mol. The van der Waals surface area contributed by atoms with Crippen molar-refractivity contribution in [2.75, 3.05) is 13.2 Å². The van der Waals surface area contributed by atoms with Gasteiger partial charge in [0.1, 0.15) is 5.75 Å². The Morgan fingerprint density at radius 2 is 1.54 bits per heavy atom. The monoisotopic (exact) mass is 554 g/mol. The fourth-order valence-electron chi connectivity index (χ4n) is 2.71. The van der Waals surface area contributed by atoms with Crippen LogP contribution in [0.1, 0.15) is 22.8 Å². The number of ether oxygens (including phenoxy) is 3. The number of hydrogen-bond acceptors (Lipinski definition) is 6. The van der Waals surface area contributed by atoms with E-state index < -0.39 is 11.9 Å². The number of hydrogen-bond donors (Lipinski definition) is 1. The third kappa shape index (κ3) is 7.77. The van der Waals surface area contributed by atoms with Crippen LogP contribution < -0.4 is 19.6 Å². The number of nitrogens with one attached hydrogen (secondary N) is 1. The third-order valence-electron chi connectivity index (χ3n) is 4.28. The van der Waals surface area contributed by atoms with E-state index in [4.69, 9.17) is 60.6 Å². The fourth-order valence-corrected chi connectivity index (χ4v) is 3.66. The predicted octanol–water partition coefficient (Wildman–Crippen LogP) is 6.45. The molecule has 0 aliphatic carbocycles. The summed E-state index contributed by atoms with van der Waals surface area (Å²) in [6.45, 7) is 1.81. The van der Waals surface area contributed by atoms with Gasteiger partial charge in [0.05, 0.1) is 28.4 Å². The van der Waals surface area contributed by atoms with Crippen molar-refractivity contribution in [3.05, 3.63) is 85.8 Å². The minimum absolute atomic E-state index is 0.161. The summed E-state index contributed by atoms with van der Waals surface area (Å²) < 4.78 is 16.4. The molecular weight excluding hydrogens is 538 g/mol. The summed E-state index contributed by atoms with van der Waals surface area (Å²) in [5.74, 6) is -0.342. The molecule has 3 aromatic rings. The van der Waals surface area contributed by atoms with Gasteiger partial charge in [0.2, 0.25) is 0 Å². The van der Waals surface area contributed by atoms with E-state index >= 15 is 0 Å². The number of rotatable bonds is 9. The van der Waals surface area contributed by atoms with E-state index in [2.05, 4.69) is 10.5 Å². The first-order valence-electron chi connectivity index (χ1n) is 10.1. The first kappa shape index (κ1) is 26.6. The molecule has 0 fully saturated rings. The zero-order valence-electron chi connectivity index (χ0n) is 18.2. The average Bonchev–Trinajstić information content (AvgIpc) is 2.80. The number of amides is 1. The van der Waals surface area contributed by atoms with Gasteiger partial charge in [-0.1, -0.05) is 46.4 Å². The second kappa shape index (κ2) is 12.7. The SMILES string of the molecule is CCOc1cc(/C=N/NC(=O)COc2ccc(Cl)cc2Cl)ccc1OC(=O)c1ccc(Cl)cc1Cl. The van der Waals surface area contributed by atoms with Crippen molar-refractivity contribution in [3.63, 3.8) is 0 Å². The molecule has 0 spiro atoms. The summed E-state index contributed by atoms with van der Waals surface area (Å²) in [5.41, 5.74) is 3.09. The van der Waals surface area contributed by atoms with Crippen LogP contribution in [0.25, 0.3) is 0 Å². The Kier molecular flexibility index (Phi) is 9.63. The normalized spacial score (nSPS) is 10.8. The lowest BCUT2D eigenvalue weighted by atomic mass is 10.2. The van der Waals surface area contributed by atoms with Gasteiger partial charge in [-0.3, -0.25) is 4.79 Å². The summed E-state index contributed by atoms with van der Waals surface area (Å²) >= 11 is 23.8. The van der Waals surface area contributed by atoms with Crippen LogP contribution in [-0.4, -0.2) is 31.3 Å². The van der Waals surface area contributed by atoms with Gasteiger partial charge in [0.25, 0.3) is 5.91 Å². The van der Waals surface area contributed by atoms with Crippen molar-refractivity contribution in [1.82, 2.24) is 5.43 Å². The largest absolute Gasteiger partial charge is 0.490 e. The Morgan fingerprint density at radius 3 is 2.23 bits per heavy atom. The van der Waals surface area contributed by atoms with E-state index in [-0.39, 0.29) is 28.0 Å². The fraction of sp³-hybridized carbons (Fsp3) is 0.125. The molecule has 0 heterocycles. The zero-order valence-corrected chi connectivity index (χ0v) is 21.2. The highest BCUT2D eigenvalue weighted by atomic mass is 35.5. The van der Waals surface area contributed by atoms with Gasteiger partial charge in [-0.05, 0) is 67.1 Å². The maximum absolute atomic E-state index is 12.5. The van der Waals surface area contributed by atoms with Gasteiger partial charge in [0, 0.05) is 10.0 Å². The Hall–Kier alpha value is -2.97. The lowest BCUT2D eigenvalue weighted by Crippen LogP contribution is -2.24. The van der Waals surface area contributed by atoms with Gasteiger partial charge in [-0.2, -0.15) is 5.10 Å². The molecule has 0 bridgehead atoms. The highest BCUT2D eigenvalue weighted by Crippen LogP contribution is 2.30. The Labute approximate surface area is 221 Å². The van der Waals surface area contributed by atoms with E-state index in [9.17, 15) is 9.59 Å². The minimum Gasteiger partial charge on any atom is -0.490 e. The molecule has 11 heteroatoms. The molecule has 182 valence electrons. The molecule has 35 heavy (non-hydrogen) atoms. The number of carbonyl (C=O) groups excluding carboxylic acids is 2. The first-order valence-corrected chi connectivity index (χ1v) is 11.6. The Morgan fingerprint density at radius 1 is 0.857 bits per heavy atom. The van der Waals surface area contributed by atoms with Crippen molar-refractivity contribution >= 4 is 64.5 Å². The van der Waals surface area contributed by atoms with E-state index in [0.717, 1.165) is 0 Å². The van der Waals surface area contributed by atoms with Gasteiger partial charge >= 0.3 is 5.97 Å². The first-order chi connectivity index (χ1) is 16.8. The molecule has 0 saturated carbocycles. The zero-order chi connectivity index (χ0) is 25.4. The maximum atomic E-state index is 12.5. The quantitative estimate of drug-likeness (QED) is 0.142. The summed E-state index contributed by atoms with van der Waals surface area (Å²) in [6.07, 6.45) is 1.40. The molecule has 0 radical (unpaired) electrons. The van der Waals surface area contributed by atoms with Crippen molar-refractivity contribution in [2.24, 2.45) is 5.10 Å². The lowest BCUT2D eigenvalue weighted by Gasteiger charge is -2.12. The second-order valence-electron chi connectivity index (χ2n) is 6.81. The number of nitrogens with zero attached hydrogens (tertiary/aromatic N) is 1. The summed E-state index contributed by atoms with van der Waals surface area (Å²) in [7, 11) is 0. The third-order valence-corrected chi connectivity index (χ3v) is 5.36. The van der Waals surface area contributed by atoms with Gasteiger partial charge in [0.15, 0.2) is 18.1 Å². The molecule has 0 saturated heterocycles. The van der Waals surface area contributed by atoms with E-state index in [1.807, 2.05) is 0 Å². The van der Waals surface area contributed by atoms with Crippen LogP contribution in [0.5, 0.6) is 17.2 Å². The Balaban J connectivity index is 1.62. The van der Waals surface area contributed by atoms with Crippen molar-refractivity contribution in [3.8, 4) is 17.2 Å². The number of carbonyl (C=O) groups is 2. The van der Waals surface area contributed by atoms with Crippen molar-refractivity contribution in [1.29, 1.82) is 0 Å². The van der Waals surface area contributed by atoms with Crippen molar-refractivity contribution < 1.29 is 23.8 Å². The van der Waals surface area contributed by atoms with Gasteiger partial charge < -0.3 is 14.2 Å². The highest BCUT2D eigenvalue weighted by molar-refractivity contribution is 6.36. The number of esters is 1.